The van der Waals surface area contributed by atoms with Crippen LogP contribution in [0.2, 0.25) is 5.02 Å². The molecule has 0 aliphatic rings. The van der Waals surface area contributed by atoms with Crippen LogP contribution in [0.15, 0.2) is 42.5 Å². The van der Waals surface area contributed by atoms with Gasteiger partial charge in [0.05, 0.1) is 11.4 Å². The first-order valence-electron chi connectivity index (χ1n) is 8.99. The number of halogens is 1. The summed E-state index contributed by atoms with van der Waals surface area (Å²) in [5, 5.41) is 3.18. The Balaban J connectivity index is 1.95. The largest absolute Gasteiger partial charge is 0.482 e. The summed E-state index contributed by atoms with van der Waals surface area (Å²) in [6, 6.07) is 12.8. The Bertz CT molecular complexity index is 804. The topological polar surface area (TPSA) is 58.6 Å². The summed E-state index contributed by atoms with van der Waals surface area (Å²) < 4.78 is 5.52. The number of ether oxygens (including phenoxy) is 1. The third-order valence-electron chi connectivity index (χ3n) is 4.30. The Labute approximate surface area is 165 Å². The molecule has 0 spiro atoms. The van der Waals surface area contributed by atoms with Crippen LogP contribution in [0.3, 0.4) is 0 Å². The number of nitrogens with one attached hydrogen (secondary N) is 1. The average Bonchev–Trinajstić information content (AvgIpc) is 2.64. The second-order valence-corrected chi connectivity index (χ2v) is 6.56. The van der Waals surface area contributed by atoms with Crippen molar-refractivity contribution in [3.8, 4) is 5.75 Å². The summed E-state index contributed by atoms with van der Waals surface area (Å²) in [7, 11) is 0. The van der Waals surface area contributed by atoms with Gasteiger partial charge in [0.1, 0.15) is 5.75 Å². The fourth-order valence-corrected chi connectivity index (χ4v) is 2.92. The van der Waals surface area contributed by atoms with Crippen molar-refractivity contribution < 1.29 is 14.3 Å². The number of hydrogen-bond donors (Lipinski definition) is 1. The molecule has 6 heteroatoms. The zero-order valence-corrected chi connectivity index (χ0v) is 16.7. The first-order valence-corrected chi connectivity index (χ1v) is 9.36. The summed E-state index contributed by atoms with van der Waals surface area (Å²) in [5.41, 5.74) is 2.64. The number of nitrogens with zero attached hydrogens (tertiary/aromatic N) is 1. The third-order valence-corrected chi connectivity index (χ3v) is 4.59. The van der Waals surface area contributed by atoms with Crippen LogP contribution >= 0.6 is 11.6 Å². The number of carbonyl (C=O) groups excluding carboxylic acids is 2. The minimum atomic E-state index is -0.120. The van der Waals surface area contributed by atoms with Crippen molar-refractivity contribution in [1.82, 2.24) is 4.90 Å². The second-order valence-electron chi connectivity index (χ2n) is 6.15. The van der Waals surface area contributed by atoms with Crippen LogP contribution in [0.1, 0.15) is 25.0 Å². The molecule has 2 aromatic carbocycles. The van der Waals surface area contributed by atoms with E-state index >= 15 is 0 Å². The van der Waals surface area contributed by atoms with Crippen molar-refractivity contribution in [1.29, 1.82) is 0 Å². The molecule has 1 N–H and O–H groups in total. The van der Waals surface area contributed by atoms with Gasteiger partial charge in [-0.15, -0.1) is 0 Å². The zero-order chi connectivity index (χ0) is 19.8. The van der Waals surface area contributed by atoms with E-state index in [2.05, 4.69) is 5.32 Å². The van der Waals surface area contributed by atoms with E-state index in [1.54, 1.807) is 23.1 Å². The maximum Gasteiger partial charge on any atom is 0.260 e. The highest BCUT2D eigenvalue weighted by molar-refractivity contribution is 6.32. The van der Waals surface area contributed by atoms with E-state index in [0.29, 0.717) is 36.0 Å². The number of amides is 2. The average molecular weight is 389 g/mol. The van der Waals surface area contributed by atoms with E-state index < -0.39 is 0 Å². The number of hydrogen-bond acceptors (Lipinski definition) is 3. The van der Waals surface area contributed by atoms with Crippen LogP contribution < -0.4 is 10.1 Å². The SMILES string of the molecule is CCN(CC)C(=O)COc1ccc(NC(=O)Cc2ccccc2C)cc1Cl. The molecular weight excluding hydrogens is 364 g/mol. The maximum atomic E-state index is 12.3. The van der Waals surface area contributed by atoms with E-state index in [1.165, 1.54) is 0 Å². The van der Waals surface area contributed by atoms with Crippen molar-refractivity contribution in [2.45, 2.75) is 27.2 Å². The summed E-state index contributed by atoms with van der Waals surface area (Å²) in [5.74, 6) is 0.200. The van der Waals surface area contributed by atoms with Gasteiger partial charge >= 0.3 is 0 Å². The molecule has 0 heterocycles. The Morgan fingerprint density at radius 1 is 1.11 bits per heavy atom. The van der Waals surface area contributed by atoms with E-state index in [-0.39, 0.29) is 18.4 Å². The van der Waals surface area contributed by atoms with Crippen molar-refractivity contribution in [3.05, 3.63) is 58.6 Å². The Morgan fingerprint density at radius 2 is 1.81 bits per heavy atom. The van der Waals surface area contributed by atoms with Crippen molar-refractivity contribution in [3.63, 3.8) is 0 Å². The van der Waals surface area contributed by atoms with E-state index in [0.717, 1.165) is 11.1 Å². The van der Waals surface area contributed by atoms with E-state index in [4.69, 9.17) is 16.3 Å². The fraction of sp³-hybridized carbons (Fsp3) is 0.333. The molecule has 0 saturated carbocycles. The standard InChI is InChI=1S/C21H25ClN2O3/c1-4-24(5-2)21(26)14-27-19-11-10-17(13-18(19)22)23-20(25)12-16-9-7-6-8-15(16)3/h6-11,13H,4-5,12,14H2,1-3H3,(H,23,25). The van der Waals surface area contributed by atoms with Crippen LogP contribution in [0.25, 0.3) is 0 Å². The van der Waals surface area contributed by atoms with Gasteiger partial charge < -0.3 is 15.0 Å². The summed E-state index contributed by atoms with van der Waals surface area (Å²) in [6.45, 7) is 7.02. The smallest absolute Gasteiger partial charge is 0.260 e. The highest BCUT2D eigenvalue weighted by Crippen LogP contribution is 2.28. The van der Waals surface area contributed by atoms with Gasteiger partial charge in [-0.25, -0.2) is 0 Å². The highest BCUT2D eigenvalue weighted by Gasteiger charge is 2.12. The molecule has 2 aromatic rings. The molecular formula is C21H25ClN2O3. The van der Waals surface area contributed by atoms with Gasteiger partial charge in [0.15, 0.2) is 6.61 Å². The summed E-state index contributed by atoms with van der Waals surface area (Å²) >= 11 is 6.23. The third kappa shape index (κ3) is 6.00. The summed E-state index contributed by atoms with van der Waals surface area (Å²) in [6.07, 6.45) is 0.293. The molecule has 0 fully saturated rings. The molecule has 0 atom stereocenters. The first-order chi connectivity index (χ1) is 12.9. The lowest BCUT2D eigenvalue weighted by molar-refractivity contribution is -0.133. The molecule has 0 radical (unpaired) electrons. The minimum absolute atomic E-state index is 0.0691. The van der Waals surface area contributed by atoms with Crippen LogP contribution in [0.5, 0.6) is 5.75 Å². The quantitative estimate of drug-likeness (QED) is 0.741. The monoisotopic (exact) mass is 388 g/mol. The van der Waals surface area contributed by atoms with Gasteiger partial charge in [-0.1, -0.05) is 35.9 Å². The van der Waals surface area contributed by atoms with Crippen LogP contribution in [-0.4, -0.2) is 36.4 Å². The van der Waals surface area contributed by atoms with Gasteiger partial charge in [0.2, 0.25) is 5.91 Å². The van der Waals surface area contributed by atoms with Crippen LogP contribution in [-0.2, 0) is 16.0 Å². The molecule has 0 unspecified atom stereocenters. The van der Waals surface area contributed by atoms with E-state index in [1.807, 2.05) is 45.0 Å². The fourth-order valence-electron chi connectivity index (χ4n) is 2.69. The van der Waals surface area contributed by atoms with Gasteiger partial charge in [-0.05, 0) is 50.1 Å². The normalized spacial score (nSPS) is 10.4. The number of benzene rings is 2. The Morgan fingerprint density at radius 3 is 2.44 bits per heavy atom. The lowest BCUT2D eigenvalue weighted by Crippen LogP contribution is -2.34. The van der Waals surface area contributed by atoms with Crippen LogP contribution in [0.4, 0.5) is 5.69 Å². The Kier molecular flexibility index (Phi) is 7.67. The maximum absolute atomic E-state index is 12.3. The molecule has 0 aromatic heterocycles. The van der Waals surface area contributed by atoms with Gasteiger partial charge in [0, 0.05) is 18.8 Å². The number of anilines is 1. The number of likely N-dealkylation sites (N-methyl/N-ethyl adjacent to an activating group) is 1. The minimum Gasteiger partial charge on any atom is -0.482 e. The zero-order valence-electron chi connectivity index (χ0n) is 15.9. The lowest BCUT2D eigenvalue weighted by atomic mass is 10.1. The number of rotatable bonds is 8. The Hall–Kier alpha value is -2.53. The first kappa shape index (κ1) is 20.8. The molecule has 5 nitrogen and oxygen atoms in total. The molecule has 2 amide bonds. The summed E-state index contributed by atoms with van der Waals surface area (Å²) in [4.78, 5) is 25.9. The van der Waals surface area contributed by atoms with Gasteiger partial charge in [-0.3, -0.25) is 9.59 Å². The highest BCUT2D eigenvalue weighted by atomic mass is 35.5. The molecule has 0 aliphatic carbocycles. The number of aryl methyl sites for hydroxylation is 1. The van der Waals surface area contributed by atoms with Crippen molar-refractivity contribution in [2.75, 3.05) is 25.0 Å². The van der Waals surface area contributed by atoms with E-state index in [9.17, 15) is 9.59 Å². The van der Waals surface area contributed by atoms with Crippen molar-refractivity contribution >= 4 is 29.1 Å². The molecule has 0 saturated heterocycles. The predicted molar refractivity (Wildman–Crippen MR) is 108 cm³/mol. The molecule has 2 rings (SSSR count). The van der Waals surface area contributed by atoms with Crippen LogP contribution in [0, 0.1) is 6.92 Å². The number of carbonyl (C=O) groups is 2. The lowest BCUT2D eigenvalue weighted by Gasteiger charge is -2.19. The van der Waals surface area contributed by atoms with Crippen molar-refractivity contribution in [2.24, 2.45) is 0 Å². The molecule has 27 heavy (non-hydrogen) atoms. The molecule has 144 valence electrons. The molecule has 0 bridgehead atoms. The molecule has 0 aliphatic heterocycles. The predicted octanol–water partition coefficient (Wildman–Crippen LogP) is 4.08. The van der Waals surface area contributed by atoms with Gasteiger partial charge in [0.25, 0.3) is 5.91 Å². The van der Waals surface area contributed by atoms with Gasteiger partial charge in [-0.2, -0.15) is 0 Å². The second kappa shape index (κ2) is 9.97.